The topological polar surface area (TPSA) is 108 Å². The second-order valence-corrected chi connectivity index (χ2v) is 5.93. The predicted molar refractivity (Wildman–Crippen MR) is 75.5 cm³/mol. The number of rotatable bonds is 3. The molecule has 120 valence electrons. The Hall–Kier alpha value is -2.45. The molecule has 1 saturated heterocycles. The Morgan fingerprint density at radius 2 is 2.23 bits per heavy atom. The Labute approximate surface area is 127 Å². The highest BCUT2D eigenvalue weighted by Gasteiger charge is 2.32. The van der Waals surface area contributed by atoms with Crippen LogP contribution in [0.25, 0.3) is 0 Å². The molecule has 1 aliphatic heterocycles. The van der Waals surface area contributed by atoms with Gasteiger partial charge in [-0.05, 0) is 20.8 Å². The van der Waals surface area contributed by atoms with Gasteiger partial charge in [0.1, 0.15) is 24.2 Å². The zero-order valence-electron chi connectivity index (χ0n) is 12.7. The van der Waals surface area contributed by atoms with E-state index in [0.717, 1.165) is 6.20 Å². The first-order valence-corrected chi connectivity index (χ1v) is 6.85. The molecule has 22 heavy (non-hydrogen) atoms. The third-order valence-electron chi connectivity index (χ3n) is 2.93. The van der Waals surface area contributed by atoms with Crippen LogP contribution in [0.15, 0.2) is 12.5 Å². The summed E-state index contributed by atoms with van der Waals surface area (Å²) in [4.78, 5) is 31.1. The van der Waals surface area contributed by atoms with Gasteiger partial charge in [0.2, 0.25) is 0 Å². The summed E-state index contributed by atoms with van der Waals surface area (Å²) in [6.07, 6.45) is 2.04. The van der Waals surface area contributed by atoms with Crippen molar-refractivity contribution in [1.29, 1.82) is 0 Å². The molecule has 0 aliphatic carbocycles. The second-order valence-electron chi connectivity index (χ2n) is 5.93. The lowest BCUT2D eigenvalue weighted by Crippen LogP contribution is -2.36. The Balaban J connectivity index is 1.97. The van der Waals surface area contributed by atoms with Crippen molar-refractivity contribution in [2.75, 3.05) is 13.1 Å². The van der Waals surface area contributed by atoms with Gasteiger partial charge in [-0.25, -0.2) is 9.78 Å². The van der Waals surface area contributed by atoms with Crippen molar-refractivity contribution >= 4 is 11.8 Å². The Kier molecular flexibility index (Phi) is 4.43. The van der Waals surface area contributed by atoms with Gasteiger partial charge in [0.25, 0.3) is 5.88 Å². The number of hydrogen-bond donors (Lipinski definition) is 0. The number of nitrogens with zero attached hydrogens (tertiary/aromatic N) is 4. The summed E-state index contributed by atoms with van der Waals surface area (Å²) in [5.74, 6) is -0.0870. The molecule has 2 heterocycles. The van der Waals surface area contributed by atoms with Crippen molar-refractivity contribution in [2.45, 2.75) is 38.9 Å². The average molecular weight is 310 g/mol. The first kappa shape index (κ1) is 15.9. The summed E-state index contributed by atoms with van der Waals surface area (Å²) >= 11 is 0. The van der Waals surface area contributed by atoms with Crippen LogP contribution in [0.2, 0.25) is 0 Å². The molecular formula is C13H18N4O5. The van der Waals surface area contributed by atoms with E-state index in [2.05, 4.69) is 9.97 Å². The van der Waals surface area contributed by atoms with Crippen molar-refractivity contribution in [3.05, 3.63) is 22.6 Å². The highest BCUT2D eigenvalue weighted by molar-refractivity contribution is 5.68. The van der Waals surface area contributed by atoms with Crippen LogP contribution in [0.1, 0.15) is 27.2 Å². The van der Waals surface area contributed by atoms with Crippen LogP contribution >= 0.6 is 0 Å². The molecule has 1 aromatic heterocycles. The Morgan fingerprint density at radius 3 is 2.86 bits per heavy atom. The summed E-state index contributed by atoms with van der Waals surface area (Å²) in [6.45, 7) is 6.14. The highest BCUT2D eigenvalue weighted by atomic mass is 16.6. The standard InChI is InChI=1S/C13H18N4O5/c1-13(2,3)22-12(18)16-5-4-9(7-16)21-11-10(17(19)20)6-14-8-15-11/h6,8-9H,4-5,7H2,1-3H3/t9-/m1/s1. The maximum atomic E-state index is 11.9. The molecule has 0 spiro atoms. The number of amides is 1. The summed E-state index contributed by atoms with van der Waals surface area (Å²) in [6, 6.07) is 0. The summed E-state index contributed by atoms with van der Waals surface area (Å²) < 4.78 is 10.8. The lowest BCUT2D eigenvalue weighted by molar-refractivity contribution is -0.386. The number of hydrogen-bond acceptors (Lipinski definition) is 7. The number of nitro groups is 1. The minimum atomic E-state index is -0.601. The van der Waals surface area contributed by atoms with E-state index < -0.39 is 16.6 Å². The van der Waals surface area contributed by atoms with Crippen molar-refractivity contribution in [2.24, 2.45) is 0 Å². The van der Waals surface area contributed by atoms with E-state index in [1.807, 2.05) is 0 Å². The maximum Gasteiger partial charge on any atom is 0.410 e. The van der Waals surface area contributed by atoms with E-state index in [-0.39, 0.29) is 17.7 Å². The van der Waals surface area contributed by atoms with Crippen LogP contribution in [0, 0.1) is 10.1 Å². The van der Waals surface area contributed by atoms with E-state index in [1.165, 1.54) is 11.2 Å². The lowest BCUT2D eigenvalue weighted by atomic mass is 10.2. The zero-order valence-corrected chi connectivity index (χ0v) is 12.7. The van der Waals surface area contributed by atoms with Gasteiger partial charge < -0.3 is 14.4 Å². The van der Waals surface area contributed by atoms with Crippen LogP contribution in [-0.2, 0) is 4.74 Å². The van der Waals surface area contributed by atoms with Crippen LogP contribution in [-0.4, -0.2) is 50.7 Å². The van der Waals surface area contributed by atoms with Crippen molar-refractivity contribution in [3.63, 3.8) is 0 Å². The molecule has 1 aromatic rings. The number of carbonyl (C=O) groups is 1. The lowest BCUT2D eigenvalue weighted by Gasteiger charge is -2.24. The third-order valence-corrected chi connectivity index (χ3v) is 2.93. The van der Waals surface area contributed by atoms with Gasteiger partial charge in [0.15, 0.2) is 0 Å². The fourth-order valence-corrected chi connectivity index (χ4v) is 2.00. The molecule has 1 fully saturated rings. The number of aromatic nitrogens is 2. The minimum Gasteiger partial charge on any atom is -0.467 e. The maximum absolute atomic E-state index is 11.9. The van der Waals surface area contributed by atoms with Gasteiger partial charge in [-0.1, -0.05) is 0 Å². The van der Waals surface area contributed by atoms with Gasteiger partial charge in [0, 0.05) is 13.0 Å². The monoisotopic (exact) mass is 310 g/mol. The first-order valence-electron chi connectivity index (χ1n) is 6.85. The Bertz CT molecular complexity index is 572. The molecule has 0 unspecified atom stereocenters. The van der Waals surface area contributed by atoms with Crippen LogP contribution in [0.4, 0.5) is 10.5 Å². The van der Waals surface area contributed by atoms with E-state index in [0.29, 0.717) is 19.5 Å². The molecule has 1 aliphatic rings. The smallest absolute Gasteiger partial charge is 0.410 e. The predicted octanol–water partition coefficient (Wildman–Crippen LogP) is 1.77. The molecule has 9 heteroatoms. The number of ether oxygens (including phenoxy) is 2. The van der Waals surface area contributed by atoms with E-state index in [1.54, 1.807) is 20.8 Å². The molecule has 1 atom stereocenters. The molecule has 0 N–H and O–H groups in total. The van der Waals surface area contributed by atoms with Gasteiger partial charge in [-0.15, -0.1) is 0 Å². The molecule has 0 saturated carbocycles. The van der Waals surface area contributed by atoms with Crippen molar-refractivity contribution < 1.29 is 19.2 Å². The molecule has 1 amide bonds. The minimum absolute atomic E-state index is 0.0870. The van der Waals surface area contributed by atoms with E-state index in [4.69, 9.17) is 9.47 Å². The zero-order chi connectivity index (χ0) is 16.3. The van der Waals surface area contributed by atoms with Gasteiger partial charge >= 0.3 is 11.8 Å². The van der Waals surface area contributed by atoms with Gasteiger partial charge in [0.05, 0.1) is 11.5 Å². The molecular weight excluding hydrogens is 292 g/mol. The van der Waals surface area contributed by atoms with E-state index >= 15 is 0 Å². The quantitative estimate of drug-likeness (QED) is 0.618. The number of carbonyl (C=O) groups excluding carboxylic acids is 1. The van der Waals surface area contributed by atoms with Gasteiger partial charge in [-0.3, -0.25) is 10.1 Å². The fourth-order valence-electron chi connectivity index (χ4n) is 2.00. The van der Waals surface area contributed by atoms with Crippen LogP contribution in [0.5, 0.6) is 5.88 Å². The normalized spacial score (nSPS) is 18.1. The van der Waals surface area contributed by atoms with Crippen molar-refractivity contribution in [1.82, 2.24) is 14.9 Å². The van der Waals surface area contributed by atoms with E-state index in [9.17, 15) is 14.9 Å². The molecule has 0 aromatic carbocycles. The fraction of sp³-hybridized carbons (Fsp3) is 0.615. The summed E-state index contributed by atoms with van der Waals surface area (Å²) in [7, 11) is 0. The molecule has 0 bridgehead atoms. The first-order chi connectivity index (χ1) is 10.3. The average Bonchev–Trinajstić information content (AvgIpc) is 2.86. The number of likely N-dealkylation sites (tertiary alicyclic amines) is 1. The van der Waals surface area contributed by atoms with Gasteiger partial charge in [-0.2, -0.15) is 4.98 Å². The Morgan fingerprint density at radius 1 is 1.50 bits per heavy atom. The summed E-state index contributed by atoms with van der Waals surface area (Å²) in [5.41, 5.74) is -0.861. The molecule has 9 nitrogen and oxygen atoms in total. The van der Waals surface area contributed by atoms with Crippen LogP contribution < -0.4 is 4.74 Å². The van der Waals surface area contributed by atoms with Crippen LogP contribution in [0.3, 0.4) is 0 Å². The second kappa shape index (κ2) is 6.12. The molecule has 0 radical (unpaired) electrons. The molecule has 2 rings (SSSR count). The third kappa shape index (κ3) is 4.03. The van der Waals surface area contributed by atoms with Crippen molar-refractivity contribution in [3.8, 4) is 5.88 Å². The highest BCUT2D eigenvalue weighted by Crippen LogP contribution is 2.25. The SMILES string of the molecule is CC(C)(C)OC(=O)N1CC[C@@H](Oc2ncncc2[N+](=O)[O-])C1. The summed E-state index contributed by atoms with van der Waals surface area (Å²) in [5, 5.41) is 10.9. The largest absolute Gasteiger partial charge is 0.467 e.